The van der Waals surface area contributed by atoms with Crippen LogP contribution in [-0.4, -0.2) is 11.8 Å². The Kier molecular flexibility index (Phi) is 3.88. The van der Waals surface area contributed by atoms with Crippen molar-refractivity contribution in [3.05, 3.63) is 102 Å². The van der Waals surface area contributed by atoms with Gasteiger partial charge in [0, 0.05) is 21.9 Å². The topological polar surface area (TPSA) is 46.6 Å². The van der Waals surface area contributed by atoms with Gasteiger partial charge in [0.1, 0.15) is 17.3 Å². The van der Waals surface area contributed by atoms with Crippen molar-refractivity contribution >= 4 is 28.3 Å². The van der Waals surface area contributed by atoms with E-state index in [1.807, 2.05) is 36.4 Å². The van der Waals surface area contributed by atoms with Crippen LogP contribution in [0.3, 0.4) is 0 Å². The highest BCUT2D eigenvalue weighted by atomic mass is 19.1. The molecule has 0 bridgehead atoms. The second-order valence-corrected chi connectivity index (χ2v) is 6.68. The fourth-order valence-corrected chi connectivity index (χ4v) is 3.60. The maximum absolute atomic E-state index is 13.3. The fourth-order valence-electron chi connectivity index (χ4n) is 3.60. The van der Waals surface area contributed by atoms with Crippen LogP contribution >= 0.6 is 0 Å². The maximum Gasteiger partial charge on any atom is 0.265 e. The van der Waals surface area contributed by atoms with Gasteiger partial charge in [-0.15, -0.1) is 0 Å². The minimum atomic E-state index is -0.448. The molecule has 29 heavy (non-hydrogen) atoms. The summed E-state index contributed by atoms with van der Waals surface area (Å²) in [6, 6.07) is 23.3. The average molecular weight is 383 g/mol. The third-order valence-electron chi connectivity index (χ3n) is 4.92. The van der Waals surface area contributed by atoms with E-state index in [1.54, 1.807) is 24.3 Å². The lowest BCUT2D eigenvalue weighted by Crippen LogP contribution is -2.40. The van der Waals surface area contributed by atoms with E-state index in [4.69, 9.17) is 4.74 Å². The molecule has 1 aliphatic rings. The van der Waals surface area contributed by atoms with Gasteiger partial charge in [-0.25, -0.2) is 9.29 Å². The van der Waals surface area contributed by atoms with Crippen molar-refractivity contribution in [2.45, 2.75) is 0 Å². The summed E-state index contributed by atoms with van der Waals surface area (Å²) < 4.78 is 19.3. The van der Waals surface area contributed by atoms with Gasteiger partial charge < -0.3 is 4.74 Å². The quantitative estimate of drug-likeness (QED) is 0.435. The number of carbonyl (C=O) groups is 2. The number of nitrogens with zero attached hydrogens (tertiary/aromatic N) is 1. The van der Waals surface area contributed by atoms with E-state index in [2.05, 4.69) is 0 Å². The molecule has 0 N–H and O–H groups in total. The highest BCUT2D eigenvalue weighted by Crippen LogP contribution is 2.38. The van der Waals surface area contributed by atoms with E-state index >= 15 is 0 Å². The number of amides is 2. The van der Waals surface area contributed by atoms with Crippen molar-refractivity contribution < 1.29 is 18.7 Å². The second kappa shape index (κ2) is 6.56. The number of ether oxygens (including phenoxy) is 1. The molecule has 5 rings (SSSR count). The number of anilines is 1. The molecule has 0 saturated carbocycles. The first-order valence-electron chi connectivity index (χ1n) is 9.06. The molecular formula is C24H14FNO3. The molecule has 0 aromatic heterocycles. The van der Waals surface area contributed by atoms with Crippen molar-refractivity contribution in [2.24, 2.45) is 0 Å². The molecule has 0 radical (unpaired) electrons. The molecule has 2 amide bonds. The highest BCUT2D eigenvalue weighted by molar-refractivity contribution is 6.36. The zero-order valence-corrected chi connectivity index (χ0v) is 15.1. The molecule has 0 aliphatic carbocycles. The van der Waals surface area contributed by atoms with Crippen molar-refractivity contribution in [3.8, 4) is 11.5 Å². The molecule has 140 valence electrons. The van der Waals surface area contributed by atoms with Gasteiger partial charge in [0.15, 0.2) is 0 Å². The molecule has 1 heterocycles. The van der Waals surface area contributed by atoms with E-state index < -0.39 is 17.6 Å². The predicted octanol–water partition coefficient (Wildman–Crippen LogP) is 5.57. The van der Waals surface area contributed by atoms with Crippen LogP contribution in [0.25, 0.3) is 10.8 Å². The van der Waals surface area contributed by atoms with Crippen LogP contribution in [0.1, 0.15) is 20.7 Å². The lowest BCUT2D eigenvalue weighted by Gasteiger charge is -2.27. The van der Waals surface area contributed by atoms with Crippen molar-refractivity contribution in [2.75, 3.05) is 4.90 Å². The zero-order chi connectivity index (χ0) is 20.0. The van der Waals surface area contributed by atoms with Gasteiger partial charge in [0.05, 0.1) is 5.69 Å². The van der Waals surface area contributed by atoms with Gasteiger partial charge >= 0.3 is 0 Å². The molecule has 0 atom stereocenters. The Morgan fingerprint density at radius 3 is 2.10 bits per heavy atom. The maximum atomic E-state index is 13.3. The van der Waals surface area contributed by atoms with E-state index in [0.29, 0.717) is 39.1 Å². The van der Waals surface area contributed by atoms with E-state index in [0.717, 1.165) is 4.90 Å². The highest BCUT2D eigenvalue weighted by Gasteiger charge is 2.34. The lowest BCUT2D eigenvalue weighted by molar-refractivity contribution is 0.0893. The molecule has 0 saturated heterocycles. The van der Waals surface area contributed by atoms with Crippen LogP contribution in [0.5, 0.6) is 11.5 Å². The van der Waals surface area contributed by atoms with Crippen LogP contribution in [0.4, 0.5) is 10.1 Å². The van der Waals surface area contributed by atoms with Crippen molar-refractivity contribution in [1.82, 2.24) is 0 Å². The summed E-state index contributed by atoms with van der Waals surface area (Å²) in [5, 5.41) is 1.25. The largest absolute Gasteiger partial charge is 0.457 e. The third-order valence-corrected chi connectivity index (χ3v) is 4.92. The average Bonchev–Trinajstić information content (AvgIpc) is 2.75. The van der Waals surface area contributed by atoms with Crippen molar-refractivity contribution in [3.63, 3.8) is 0 Å². The Morgan fingerprint density at radius 2 is 1.38 bits per heavy atom. The van der Waals surface area contributed by atoms with Gasteiger partial charge in [-0.05, 0) is 54.6 Å². The Hall–Kier alpha value is -3.99. The van der Waals surface area contributed by atoms with Gasteiger partial charge in [-0.1, -0.05) is 30.3 Å². The second-order valence-electron chi connectivity index (χ2n) is 6.68. The number of rotatable bonds is 3. The normalized spacial score (nSPS) is 13.1. The fraction of sp³-hybridized carbons (Fsp3) is 0. The van der Waals surface area contributed by atoms with Gasteiger partial charge in [-0.2, -0.15) is 0 Å². The molecule has 0 spiro atoms. The Labute approximate surface area is 165 Å². The van der Waals surface area contributed by atoms with Crippen LogP contribution in [0.2, 0.25) is 0 Å². The number of carbonyl (C=O) groups excluding carboxylic acids is 2. The van der Waals surface area contributed by atoms with Gasteiger partial charge in [-0.3, -0.25) is 9.59 Å². The van der Waals surface area contributed by atoms with Gasteiger partial charge in [0.25, 0.3) is 11.8 Å². The first-order chi connectivity index (χ1) is 14.1. The first-order valence-corrected chi connectivity index (χ1v) is 9.06. The standard InChI is InChI=1S/C24H14FNO3/c25-15-9-11-16(12-10-15)26-23(27)19-8-4-7-18-21(29-17-5-2-1-3-6-17)14-13-20(22(18)19)24(26)28/h1-14H. The summed E-state index contributed by atoms with van der Waals surface area (Å²) >= 11 is 0. The van der Waals surface area contributed by atoms with Gasteiger partial charge in [0.2, 0.25) is 0 Å². The van der Waals surface area contributed by atoms with Crippen LogP contribution < -0.4 is 9.64 Å². The summed E-state index contributed by atoms with van der Waals surface area (Å²) in [7, 11) is 0. The van der Waals surface area contributed by atoms with E-state index in [9.17, 15) is 14.0 Å². The molecular weight excluding hydrogens is 369 g/mol. The lowest BCUT2D eigenvalue weighted by atomic mass is 9.93. The number of hydrogen-bond acceptors (Lipinski definition) is 3. The Balaban J connectivity index is 1.66. The summed E-state index contributed by atoms with van der Waals surface area (Å²) in [6.45, 7) is 0. The minimum Gasteiger partial charge on any atom is -0.457 e. The number of para-hydroxylation sites is 1. The van der Waals surface area contributed by atoms with Crippen LogP contribution in [-0.2, 0) is 0 Å². The van der Waals surface area contributed by atoms with E-state index in [1.165, 1.54) is 24.3 Å². The van der Waals surface area contributed by atoms with Crippen molar-refractivity contribution in [1.29, 1.82) is 0 Å². The summed E-state index contributed by atoms with van der Waals surface area (Å²) in [5.41, 5.74) is 1.13. The third kappa shape index (κ3) is 2.75. The number of halogens is 1. The summed E-state index contributed by atoms with van der Waals surface area (Å²) in [5.74, 6) is -0.105. The molecule has 1 aliphatic heterocycles. The number of imide groups is 1. The molecule has 4 aromatic carbocycles. The Bertz CT molecular complexity index is 1240. The predicted molar refractivity (Wildman–Crippen MR) is 108 cm³/mol. The molecule has 0 unspecified atom stereocenters. The SMILES string of the molecule is O=C1c2cccc3c(Oc4ccccc4)ccc(c23)C(=O)N1c1ccc(F)cc1. The monoisotopic (exact) mass is 383 g/mol. The smallest absolute Gasteiger partial charge is 0.265 e. The summed E-state index contributed by atoms with van der Waals surface area (Å²) in [6.07, 6.45) is 0. The molecule has 5 heteroatoms. The minimum absolute atomic E-state index is 0.327. The zero-order valence-electron chi connectivity index (χ0n) is 15.1. The van der Waals surface area contributed by atoms with Crippen LogP contribution in [0.15, 0.2) is 84.9 Å². The number of benzene rings is 4. The molecule has 4 aromatic rings. The first kappa shape index (κ1) is 17.1. The molecule has 4 nitrogen and oxygen atoms in total. The van der Waals surface area contributed by atoms with Crippen LogP contribution in [0, 0.1) is 5.82 Å². The Morgan fingerprint density at radius 1 is 0.690 bits per heavy atom. The number of hydrogen-bond donors (Lipinski definition) is 0. The van der Waals surface area contributed by atoms with E-state index in [-0.39, 0.29) is 0 Å². The summed E-state index contributed by atoms with van der Waals surface area (Å²) in [4.78, 5) is 27.4. The molecule has 0 fully saturated rings.